The third-order valence-electron chi connectivity index (χ3n) is 7.13. The Kier molecular flexibility index (Phi) is 9.65. The van der Waals surface area contributed by atoms with Gasteiger partial charge in [-0.25, -0.2) is 13.2 Å². The topological polar surface area (TPSA) is 98.8 Å². The van der Waals surface area contributed by atoms with E-state index in [1.807, 2.05) is 0 Å². The molecule has 8 nitrogen and oxygen atoms in total. The molecule has 2 fully saturated rings. The maximum Gasteiger partial charge on any atom is 0.416 e. The molecular weight excluding hydrogens is 604 g/mol. The Bertz CT molecular complexity index is 1370. The summed E-state index contributed by atoms with van der Waals surface area (Å²) in [7, 11) is -4.58. The fourth-order valence-electron chi connectivity index (χ4n) is 4.83. The number of carbonyl (C=O) groups is 2. The Hall–Kier alpha value is -2.70. The molecule has 1 saturated heterocycles. The Morgan fingerprint density at radius 3 is 2.39 bits per heavy atom. The van der Waals surface area contributed by atoms with Crippen molar-refractivity contribution in [3.8, 4) is 0 Å². The van der Waals surface area contributed by atoms with E-state index in [4.69, 9.17) is 23.2 Å². The van der Waals surface area contributed by atoms with Gasteiger partial charge in [0, 0.05) is 30.7 Å². The van der Waals surface area contributed by atoms with Gasteiger partial charge in [0.15, 0.2) is 0 Å². The lowest BCUT2D eigenvalue weighted by Gasteiger charge is -2.39. The average Bonchev–Trinajstić information content (AvgIpc) is 3.74. The van der Waals surface area contributed by atoms with E-state index in [0.717, 1.165) is 31.4 Å². The highest BCUT2D eigenvalue weighted by molar-refractivity contribution is 7.93. The van der Waals surface area contributed by atoms with Crippen molar-refractivity contribution in [1.82, 2.24) is 15.5 Å². The number of rotatable bonds is 9. The second-order valence-electron chi connectivity index (χ2n) is 10.3. The number of nitrogens with one attached hydrogen (secondary N) is 2. The van der Waals surface area contributed by atoms with Gasteiger partial charge in [0.2, 0.25) is 5.91 Å². The first-order valence-corrected chi connectivity index (χ1v) is 15.5. The predicted molar refractivity (Wildman–Crippen MR) is 151 cm³/mol. The summed E-state index contributed by atoms with van der Waals surface area (Å²) in [6.45, 7) is 2.50. The maximum absolute atomic E-state index is 14.0. The smallest absolute Gasteiger partial charge is 0.341 e. The van der Waals surface area contributed by atoms with Crippen LogP contribution in [0.2, 0.25) is 10.0 Å². The number of piperidine rings is 1. The van der Waals surface area contributed by atoms with Crippen LogP contribution >= 0.6 is 23.2 Å². The zero-order valence-corrected chi connectivity index (χ0v) is 24.6. The van der Waals surface area contributed by atoms with Crippen LogP contribution in [-0.4, -0.2) is 57.0 Å². The molecule has 0 aromatic heterocycles. The van der Waals surface area contributed by atoms with Gasteiger partial charge in [0.05, 0.1) is 21.2 Å². The van der Waals surface area contributed by atoms with Gasteiger partial charge < -0.3 is 15.5 Å². The molecule has 1 heterocycles. The molecule has 2 aliphatic rings. The van der Waals surface area contributed by atoms with Gasteiger partial charge in [0.25, 0.3) is 10.0 Å². The van der Waals surface area contributed by atoms with Crippen molar-refractivity contribution < 1.29 is 31.2 Å². The molecule has 0 spiro atoms. The Balaban J connectivity index is 1.66. The molecule has 2 N–H and O–H groups in total. The first kappa shape index (κ1) is 31.2. The van der Waals surface area contributed by atoms with Gasteiger partial charge in [0.1, 0.15) is 6.04 Å². The average molecular weight is 636 g/mol. The zero-order chi connectivity index (χ0) is 29.9. The normalized spacial score (nSPS) is 18.5. The SMILES string of the molecule is CC[C@@H](C(=O)N1CCC[C@@H](CNC(=O)NC2CC2)C1)N(c1cc(C(F)(F)F)ccc1Cl)S(=O)(=O)c1ccc(Cl)cc1. The van der Waals surface area contributed by atoms with Gasteiger partial charge in [-0.15, -0.1) is 0 Å². The number of halogens is 5. The molecule has 1 aliphatic heterocycles. The van der Waals surface area contributed by atoms with E-state index in [1.54, 1.807) is 6.92 Å². The van der Waals surface area contributed by atoms with Crippen LogP contribution in [0.15, 0.2) is 47.4 Å². The molecule has 1 aliphatic carbocycles. The van der Waals surface area contributed by atoms with E-state index in [9.17, 15) is 31.2 Å². The summed E-state index contributed by atoms with van der Waals surface area (Å²) in [6.07, 6.45) is -1.56. The molecule has 1 saturated carbocycles. The van der Waals surface area contributed by atoms with Crippen LogP contribution in [-0.2, 0) is 21.0 Å². The minimum Gasteiger partial charge on any atom is -0.341 e. The highest BCUT2D eigenvalue weighted by Gasteiger charge is 2.41. The number of likely N-dealkylation sites (tertiary alicyclic amines) is 1. The molecular formula is C27H31Cl2F3N4O4S. The molecule has 0 bridgehead atoms. The van der Waals surface area contributed by atoms with Crippen molar-refractivity contribution in [3.05, 3.63) is 58.1 Å². The lowest BCUT2D eigenvalue weighted by Crippen LogP contribution is -2.54. The fourth-order valence-corrected chi connectivity index (χ4v) is 6.90. The number of carbonyl (C=O) groups excluding carboxylic acids is 2. The Labute approximate surface area is 247 Å². The monoisotopic (exact) mass is 634 g/mol. The van der Waals surface area contributed by atoms with E-state index in [2.05, 4.69) is 10.6 Å². The summed E-state index contributed by atoms with van der Waals surface area (Å²) in [5.41, 5.74) is -1.56. The molecule has 2 atom stereocenters. The van der Waals surface area contributed by atoms with Crippen molar-refractivity contribution >= 4 is 50.9 Å². The lowest BCUT2D eigenvalue weighted by molar-refractivity contribution is -0.137. The number of anilines is 1. The van der Waals surface area contributed by atoms with Crippen molar-refractivity contribution in [2.24, 2.45) is 5.92 Å². The maximum atomic E-state index is 14.0. The van der Waals surface area contributed by atoms with Crippen LogP contribution in [0.1, 0.15) is 44.6 Å². The molecule has 0 unspecified atom stereocenters. The van der Waals surface area contributed by atoms with Crippen LogP contribution in [0.5, 0.6) is 0 Å². The molecule has 4 rings (SSSR count). The minimum atomic E-state index is -4.78. The second kappa shape index (κ2) is 12.7. The van der Waals surface area contributed by atoms with Crippen molar-refractivity contribution in [3.63, 3.8) is 0 Å². The van der Waals surface area contributed by atoms with E-state index < -0.39 is 39.4 Å². The summed E-state index contributed by atoms with van der Waals surface area (Å²) in [4.78, 5) is 27.3. The summed E-state index contributed by atoms with van der Waals surface area (Å²) >= 11 is 12.3. The fraction of sp³-hybridized carbons (Fsp3) is 0.481. The Morgan fingerprint density at radius 2 is 1.78 bits per heavy atom. The summed E-state index contributed by atoms with van der Waals surface area (Å²) in [5, 5.41) is 5.66. The van der Waals surface area contributed by atoms with Gasteiger partial charge in [-0.2, -0.15) is 13.2 Å². The van der Waals surface area contributed by atoms with Crippen LogP contribution in [0.25, 0.3) is 0 Å². The molecule has 2 aromatic rings. The van der Waals surface area contributed by atoms with E-state index >= 15 is 0 Å². The second-order valence-corrected chi connectivity index (χ2v) is 12.9. The van der Waals surface area contributed by atoms with Crippen molar-refractivity contribution in [2.45, 2.75) is 62.2 Å². The van der Waals surface area contributed by atoms with Gasteiger partial charge >= 0.3 is 12.2 Å². The highest BCUT2D eigenvalue weighted by Crippen LogP contribution is 2.39. The third kappa shape index (κ3) is 7.58. The summed E-state index contributed by atoms with van der Waals surface area (Å²) in [6, 6.07) is 6.02. The molecule has 2 aromatic carbocycles. The number of benzene rings is 2. The molecule has 3 amide bonds. The zero-order valence-electron chi connectivity index (χ0n) is 22.3. The molecule has 0 radical (unpaired) electrons. The third-order valence-corrected chi connectivity index (χ3v) is 9.54. The van der Waals surface area contributed by atoms with Crippen LogP contribution in [0, 0.1) is 5.92 Å². The summed E-state index contributed by atoms with van der Waals surface area (Å²) < 4.78 is 69.7. The van der Waals surface area contributed by atoms with Gasteiger partial charge in [-0.3, -0.25) is 9.10 Å². The number of amides is 3. The first-order valence-electron chi connectivity index (χ1n) is 13.3. The van der Waals surface area contributed by atoms with Crippen LogP contribution < -0.4 is 14.9 Å². The molecule has 41 heavy (non-hydrogen) atoms. The number of sulfonamides is 1. The van der Waals surface area contributed by atoms with Gasteiger partial charge in [-0.1, -0.05) is 30.1 Å². The Morgan fingerprint density at radius 1 is 1.10 bits per heavy atom. The van der Waals surface area contributed by atoms with Crippen LogP contribution in [0.4, 0.5) is 23.7 Å². The number of hydrogen-bond acceptors (Lipinski definition) is 4. The highest BCUT2D eigenvalue weighted by atomic mass is 35.5. The first-order chi connectivity index (χ1) is 19.3. The van der Waals surface area contributed by atoms with E-state index in [-0.39, 0.29) is 45.9 Å². The lowest BCUT2D eigenvalue weighted by atomic mass is 9.97. The van der Waals surface area contributed by atoms with Gasteiger partial charge in [-0.05, 0) is 80.5 Å². The van der Waals surface area contributed by atoms with Crippen LogP contribution in [0.3, 0.4) is 0 Å². The molecule has 14 heteroatoms. The van der Waals surface area contributed by atoms with Crippen molar-refractivity contribution in [1.29, 1.82) is 0 Å². The largest absolute Gasteiger partial charge is 0.416 e. The summed E-state index contributed by atoms with van der Waals surface area (Å²) in [5.74, 6) is -0.640. The standard InChI is InChI=1S/C27H31Cl2F3N4O4S/c1-2-23(25(37)35-13-3-4-17(16-35)15-33-26(38)34-20-8-9-20)36(41(39,40)21-10-6-19(28)7-11-21)24-14-18(27(30,31)32)5-12-22(24)29/h5-7,10-12,14,17,20,23H,2-4,8-9,13,15-16H2,1H3,(H2,33,34,38)/t17-,23-/m0/s1. The minimum absolute atomic E-state index is 0.0402. The van der Waals surface area contributed by atoms with E-state index in [1.165, 1.54) is 29.2 Å². The quantitative estimate of drug-likeness (QED) is 0.370. The predicted octanol–water partition coefficient (Wildman–Crippen LogP) is 5.69. The van der Waals surface area contributed by atoms with E-state index in [0.29, 0.717) is 29.9 Å². The molecule has 224 valence electrons. The number of hydrogen-bond donors (Lipinski definition) is 2. The number of urea groups is 1. The number of alkyl halides is 3. The number of nitrogens with zero attached hydrogens (tertiary/aromatic N) is 2. The van der Waals surface area contributed by atoms with Crippen molar-refractivity contribution in [2.75, 3.05) is 23.9 Å².